The molecule has 1 aliphatic rings. The van der Waals surface area contributed by atoms with Crippen LogP contribution < -0.4 is 5.32 Å². The molecule has 20 heavy (non-hydrogen) atoms. The highest BCUT2D eigenvalue weighted by Crippen LogP contribution is 2.11. The van der Waals surface area contributed by atoms with Gasteiger partial charge in [0.25, 0.3) is 0 Å². The van der Waals surface area contributed by atoms with Crippen LogP contribution in [0.1, 0.15) is 24.0 Å². The number of aryl methyl sites for hydroxylation is 1. The summed E-state index contributed by atoms with van der Waals surface area (Å²) < 4.78 is 5.62. The number of hydrogen-bond donors (Lipinski definition) is 1. The predicted molar refractivity (Wildman–Crippen MR) is 83.0 cm³/mol. The van der Waals surface area contributed by atoms with Gasteiger partial charge in [-0.3, -0.25) is 4.99 Å². The monoisotopic (exact) mass is 275 g/mol. The van der Waals surface area contributed by atoms with E-state index in [-0.39, 0.29) is 0 Å². The maximum atomic E-state index is 5.62. The molecule has 1 aromatic carbocycles. The molecule has 1 saturated heterocycles. The van der Waals surface area contributed by atoms with Crippen molar-refractivity contribution in [1.82, 2.24) is 10.2 Å². The fourth-order valence-electron chi connectivity index (χ4n) is 2.44. The molecular weight excluding hydrogens is 250 g/mol. The number of rotatable bonds is 4. The van der Waals surface area contributed by atoms with Crippen molar-refractivity contribution in [2.45, 2.75) is 32.4 Å². The average Bonchev–Trinajstić information content (AvgIpc) is 2.95. The summed E-state index contributed by atoms with van der Waals surface area (Å²) in [5.41, 5.74) is 2.58. The lowest BCUT2D eigenvalue weighted by molar-refractivity contribution is 0.113. The third-order valence-corrected chi connectivity index (χ3v) is 3.63. The number of hydrogen-bond acceptors (Lipinski definition) is 2. The van der Waals surface area contributed by atoms with Crippen molar-refractivity contribution in [3.8, 4) is 0 Å². The number of guanidine groups is 1. The molecule has 0 aliphatic carbocycles. The van der Waals surface area contributed by atoms with Gasteiger partial charge in [-0.2, -0.15) is 0 Å². The summed E-state index contributed by atoms with van der Waals surface area (Å²) in [6.07, 6.45) is 2.65. The van der Waals surface area contributed by atoms with Gasteiger partial charge in [0.1, 0.15) is 0 Å². The molecular formula is C16H25N3O. The van der Waals surface area contributed by atoms with Gasteiger partial charge < -0.3 is 15.0 Å². The van der Waals surface area contributed by atoms with Crippen LogP contribution in [0.15, 0.2) is 29.3 Å². The van der Waals surface area contributed by atoms with E-state index in [4.69, 9.17) is 4.74 Å². The van der Waals surface area contributed by atoms with Gasteiger partial charge in [0, 0.05) is 33.8 Å². The van der Waals surface area contributed by atoms with Crippen LogP contribution in [0.4, 0.5) is 0 Å². The molecule has 1 aliphatic heterocycles. The summed E-state index contributed by atoms with van der Waals surface area (Å²) in [6.45, 7) is 4.69. The maximum Gasteiger partial charge on any atom is 0.193 e. The van der Waals surface area contributed by atoms with Crippen molar-refractivity contribution in [3.63, 3.8) is 0 Å². The van der Waals surface area contributed by atoms with Gasteiger partial charge in [-0.25, -0.2) is 0 Å². The van der Waals surface area contributed by atoms with Gasteiger partial charge in [0.2, 0.25) is 0 Å². The third-order valence-electron chi connectivity index (χ3n) is 3.63. The van der Waals surface area contributed by atoms with E-state index < -0.39 is 0 Å². The average molecular weight is 275 g/mol. The van der Waals surface area contributed by atoms with Gasteiger partial charge >= 0.3 is 0 Å². The quantitative estimate of drug-likeness (QED) is 0.676. The SMILES string of the molecule is CN=C(NCC1CCCO1)N(C)Cc1ccc(C)cc1. The Morgan fingerprint density at radius 2 is 2.15 bits per heavy atom. The van der Waals surface area contributed by atoms with Crippen LogP contribution in [0.25, 0.3) is 0 Å². The van der Waals surface area contributed by atoms with Crippen LogP contribution in [-0.2, 0) is 11.3 Å². The van der Waals surface area contributed by atoms with E-state index in [1.165, 1.54) is 17.5 Å². The lowest BCUT2D eigenvalue weighted by Crippen LogP contribution is -2.41. The summed E-state index contributed by atoms with van der Waals surface area (Å²) >= 11 is 0. The Balaban J connectivity index is 1.84. The third kappa shape index (κ3) is 4.23. The van der Waals surface area contributed by atoms with Crippen LogP contribution in [0, 0.1) is 6.92 Å². The van der Waals surface area contributed by atoms with Gasteiger partial charge in [-0.1, -0.05) is 29.8 Å². The normalized spacial score (nSPS) is 19.1. The lowest BCUT2D eigenvalue weighted by atomic mass is 10.1. The first-order valence-electron chi connectivity index (χ1n) is 7.28. The molecule has 0 radical (unpaired) electrons. The van der Waals surface area contributed by atoms with Crippen LogP contribution in [-0.4, -0.2) is 44.2 Å². The minimum atomic E-state index is 0.333. The van der Waals surface area contributed by atoms with Gasteiger partial charge in [-0.05, 0) is 25.3 Å². The highest BCUT2D eigenvalue weighted by molar-refractivity contribution is 5.79. The molecule has 0 saturated carbocycles. The van der Waals surface area contributed by atoms with E-state index in [9.17, 15) is 0 Å². The highest BCUT2D eigenvalue weighted by Gasteiger charge is 2.16. The topological polar surface area (TPSA) is 36.9 Å². The van der Waals surface area contributed by atoms with Gasteiger partial charge in [-0.15, -0.1) is 0 Å². The maximum absolute atomic E-state index is 5.62. The van der Waals surface area contributed by atoms with E-state index >= 15 is 0 Å². The molecule has 1 fully saturated rings. The number of ether oxygens (including phenoxy) is 1. The Labute approximate surface area is 121 Å². The van der Waals surface area contributed by atoms with E-state index in [1.807, 2.05) is 7.05 Å². The standard InChI is InChI=1S/C16H25N3O/c1-13-6-8-14(9-7-13)12-19(3)16(17-2)18-11-15-5-4-10-20-15/h6-9,15H,4-5,10-12H2,1-3H3,(H,17,18). The largest absolute Gasteiger partial charge is 0.376 e. The molecule has 0 spiro atoms. The zero-order valence-corrected chi connectivity index (χ0v) is 12.7. The Morgan fingerprint density at radius 3 is 2.75 bits per heavy atom. The van der Waals surface area contributed by atoms with Gasteiger partial charge in [0.15, 0.2) is 5.96 Å². The Bertz CT molecular complexity index is 436. The minimum Gasteiger partial charge on any atom is -0.376 e. The molecule has 4 heteroatoms. The number of nitrogens with one attached hydrogen (secondary N) is 1. The minimum absolute atomic E-state index is 0.333. The zero-order valence-electron chi connectivity index (χ0n) is 12.7. The number of aliphatic imine (C=N–C) groups is 1. The lowest BCUT2D eigenvalue weighted by Gasteiger charge is -2.23. The van der Waals surface area contributed by atoms with Crippen molar-refractivity contribution in [1.29, 1.82) is 0 Å². The fourth-order valence-corrected chi connectivity index (χ4v) is 2.44. The van der Waals surface area contributed by atoms with Crippen molar-refractivity contribution >= 4 is 5.96 Å². The second-order valence-electron chi connectivity index (χ2n) is 5.40. The summed E-state index contributed by atoms with van der Waals surface area (Å²) in [7, 11) is 3.88. The van der Waals surface area contributed by atoms with E-state index in [0.717, 1.165) is 32.1 Å². The summed E-state index contributed by atoms with van der Waals surface area (Å²) in [4.78, 5) is 6.48. The second-order valence-corrected chi connectivity index (χ2v) is 5.40. The first-order valence-corrected chi connectivity index (χ1v) is 7.28. The van der Waals surface area contributed by atoms with Crippen LogP contribution in [0.2, 0.25) is 0 Å². The molecule has 1 N–H and O–H groups in total. The Hall–Kier alpha value is -1.55. The smallest absolute Gasteiger partial charge is 0.193 e. The molecule has 0 amide bonds. The van der Waals surface area contributed by atoms with E-state index in [2.05, 4.69) is 53.4 Å². The number of nitrogens with zero attached hydrogens (tertiary/aromatic N) is 2. The van der Waals surface area contributed by atoms with Crippen molar-refractivity contribution in [2.24, 2.45) is 4.99 Å². The summed E-state index contributed by atoms with van der Waals surface area (Å²) in [5, 5.41) is 3.39. The van der Waals surface area contributed by atoms with Crippen molar-refractivity contribution in [2.75, 3.05) is 27.2 Å². The molecule has 110 valence electrons. The van der Waals surface area contributed by atoms with Crippen molar-refractivity contribution in [3.05, 3.63) is 35.4 Å². The first kappa shape index (κ1) is 14.9. The molecule has 1 atom stereocenters. The number of benzene rings is 1. The van der Waals surface area contributed by atoms with Crippen LogP contribution >= 0.6 is 0 Å². The molecule has 4 nitrogen and oxygen atoms in total. The Morgan fingerprint density at radius 1 is 1.40 bits per heavy atom. The highest BCUT2D eigenvalue weighted by atomic mass is 16.5. The summed E-state index contributed by atoms with van der Waals surface area (Å²) in [5.74, 6) is 0.918. The zero-order chi connectivity index (χ0) is 14.4. The molecule has 0 bridgehead atoms. The molecule has 2 rings (SSSR count). The molecule has 1 unspecified atom stereocenters. The molecule has 1 heterocycles. The van der Waals surface area contributed by atoms with E-state index in [0.29, 0.717) is 6.10 Å². The van der Waals surface area contributed by atoms with Gasteiger partial charge in [0.05, 0.1) is 6.10 Å². The second kappa shape index (κ2) is 7.29. The van der Waals surface area contributed by atoms with Crippen LogP contribution in [0.5, 0.6) is 0 Å². The molecule has 0 aromatic heterocycles. The predicted octanol–water partition coefficient (Wildman–Crippen LogP) is 2.18. The van der Waals surface area contributed by atoms with E-state index in [1.54, 1.807) is 0 Å². The van der Waals surface area contributed by atoms with Crippen molar-refractivity contribution < 1.29 is 4.74 Å². The Kier molecular flexibility index (Phi) is 5.41. The van der Waals surface area contributed by atoms with Crippen LogP contribution in [0.3, 0.4) is 0 Å². The first-order chi connectivity index (χ1) is 9.69. The summed E-state index contributed by atoms with van der Waals surface area (Å²) in [6, 6.07) is 8.62. The fraction of sp³-hybridized carbons (Fsp3) is 0.562. The molecule has 1 aromatic rings.